The van der Waals surface area contributed by atoms with Crippen LogP contribution in [0.15, 0.2) is 15.9 Å². The molecule has 1 aromatic rings. The van der Waals surface area contributed by atoms with Crippen LogP contribution in [0.4, 0.5) is 0 Å². The quantitative estimate of drug-likeness (QED) is 0.857. The van der Waals surface area contributed by atoms with Crippen molar-refractivity contribution in [2.45, 2.75) is 31.7 Å². The number of fused-ring (bicyclic) bond motifs is 1. The maximum atomic E-state index is 12.6. The average molecular weight is 380 g/mol. The minimum absolute atomic E-state index is 0. The topological polar surface area (TPSA) is 46.3 Å². The molecule has 112 valence electrons. The van der Waals surface area contributed by atoms with E-state index in [1.807, 2.05) is 24.0 Å². The van der Waals surface area contributed by atoms with Crippen molar-refractivity contribution < 1.29 is 4.79 Å². The van der Waals surface area contributed by atoms with Crippen molar-refractivity contribution in [2.75, 3.05) is 13.1 Å². The molecule has 2 fully saturated rings. The summed E-state index contributed by atoms with van der Waals surface area (Å²) in [5.74, 6) is 1.40. The molecule has 4 unspecified atom stereocenters. The first-order valence-corrected chi connectivity index (χ1v) is 8.47. The van der Waals surface area contributed by atoms with Gasteiger partial charge in [0.1, 0.15) is 0 Å². The summed E-state index contributed by atoms with van der Waals surface area (Å²) in [4.78, 5) is 15.7. The van der Waals surface area contributed by atoms with Gasteiger partial charge in [0.05, 0.1) is 9.70 Å². The van der Waals surface area contributed by atoms with E-state index in [0.717, 1.165) is 28.2 Å². The van der Waals surface area contributed by atoms with Crippen LogP contribution in [0.3, 0.4) is 0 Å². The normalized spacial score (nSPS) is 29.9. The van der Waals surface area contributed by atoms with Crippen molar-refractivity contribution in [3.05, 3.63) is 20.8 Å². The molecular formula is C14H20BrClN2OS. The highest BCUT2D eigenvalue weighted by molar-refractivity contribution is 9.11. The Balaban J connectivity index is 0.00000147. The SMILES string of the molecule is CC(C(=O)N1CC2CCC(N)C2C1)c1ccc(Br)s1.Cl. The first-order valence-electron chi connectivity index (χ1n) is 6.86. The van der Waals surface area contributed by atoms with Gasteiger partial charge in [-0.3, -0.25) is 4.79 Å². The van der Waals surface area contributed by atoms with Gasteiger partial charge >= 0.3 is 0 Å². The number of nitrogens with two attached hydrogens (primary N) is 1. The average Bonchev–Trinajstić information content (AvgIpc) is 3.06. The number of rotatable bonds is 2. The number of halogens is 2. The first-order chi connectivity index (χ1) is 9.06. The van der Waals surface area contributed by atoms with Gasteiger partial charge in [0.15, 0.2) is 0 Å². The van der Waals surface area contributed by atoms with Crippen molar-refractivity contribution in [1.82, 2.24) is 4.90 Å². The maximum Gasteiger partial charge on any atom is 0.230 e. The predicted molar refractivity (Wildman–Crippen MR) is 88.5 cm³/mol. The standard InChI is InChI=1S/C14H19BrN2OS.ClH/c1-8(12-4-5-13(15)19-12)14(18)17-6-9-2-3-11(16)10(9)7-17;/h4-5,8-11H,2-3,6-7,16H2,1H3;1H. The molecule has 0 spiro atoms. The molecule has 1 aromatic heterocycles. The first kappa shape index (κ1) is 16.3. The van der Waals surface area contributed by atoms with Crippen molar-refractivity contribution >= 4 is 45.6 Å². The highest BCUT2D eigenvalue weighted by Gasteiger charge is 2.43. The molecule has 0 aromatic carbocycles. The molecule has 1 aliphatic carbocycles. The van der Waals surface area contributed by atoms with E-state index in [-0.39, 0.29) is 24.2 Å². The van der Waals surface area contributed by atoms with Gasteiger partial charge in [-0.05, 0) is 59.7 Å². The molecule has 1 saturated carbocycles. The second-order valence-corrected chi connectivity index (χ2v) is 8.27. The third-order valence-corrected chi connectivity index (χ3v) is 6.42. The van der Waals surface area contributed by atoms with Gasteiger partial charge in [0.25, 0.3) is 0 Å². The summed E-state index contributed by atoms with van der Waals surface area (Å²) in [5, 5.41) is 0. The van der Waals surface area contributed by atoms with Gasteiger partial charge in [-0.25, -0.2) is 0 Å². The van der Waals surface area contributed by atoms with E-state index < -0.39 is 0 Å². The number of hydrogen-bond donors (Lipinski definition) is 1. The van der Waals surface area contributed by atoms with Gasteiger partial charge in [-0.2, -0.15) is 0 Å². The number of carbonyl (C=O) groups excluding carboxylic acids is 1. The minimum Gasteiger partial charge on any atom is -0.342 e. The molecule has 0 bridgehead atoms. The molecule has 4 atom stereocenters. The fourth-order valence-corrected chi connectivity index (χ4v) is 4.91. The molecule has 3 rings (SSSR count). The Morgan fingerprint density at radius 3 is 2.80 bits per heavy atom. The van der Waals surface area contributed by atoms with E-state index in [1.54, 1.807) is 11.3 Å². The van der Waals surface area contributed by atoms with Crippen molar-refractivity contribution in [3.8, 4) is 0 Å². The second kappa shape index (κ2) is 6.34. The van der Waals surface area contributed by atoms with Crippen molar-refractivity contribution in [1.29, 1.82) is 0 Å². The molecule has 1 saturated heterocycles. The fraction of sp³-hybridized carbons (Fsp3) is 0.643. The molecule has 20 heavy (non-hydrogen) atoms. The summed E-state index contributed by atoms with van der Waals surface area (Å²) in [6, 6.07) is 4.35. The number of hydrogen-bond acceptors (Lipinski definition) is 3. The second-order valence-electron chi connectivity index (χ2n) is 5.77. The zero-order valence-electron chi connectivity index (χ0n) is 11.4. The summed E-state index contributed by atoms with van der Waals surface area (Å²) < 4.78 is 1.09. The Morgan fingerprint density at radius 2 is 2.20 bits per heavy atom. The molecule has 2 heterocycles. The van der Waals surface area contributed by atoms with Crippen LogP contribution in [0.5, 0.6) is 0 Å². The van der Waals surface area contributed by atoms with Crippen LogP contribution in [0, 0.1) is 11.8 Å². The lowest BCUT2D eigenvalue weighted by Gasteiger charge is -2.22. The summed E-state index contributed by atoms with van der Waals surface area (Å²) in [6.45, 7) is 3.78. The largest absolute Gasteiger partial charge is 0.342 e. The zero-order valence-corrected chi connectivity index (χ0v) is 14.6. The molecule has 1 aliphatic heterocycles. The van der Waals surface area contributed by atoms with Gasteiger partial charge < -0.3 is 10.6 Å². The van der Waals surface area contributed by atoms with Crippen LogP contribution in [0.2, 0.25) is 0 Å². The van der Waals surface area contributed by atoms with Gasteiger partial charge in [0, 0.05) is 24.0 Å². The molecule has 6 heteroatoms. The van der Waals surface area contributed by atoms with Crippen molar-refractivity contribution in [3.63, 3.8) is 0 Å². The number of carbonyl (C=O) groups is 1. The van der Waals surface area contributed by atoms with Crippen LogP contribution in [-0.4, -0.2) is 29.9 Å². The van der Waals surface area contributed by atoms with E-state index in [0.29, 0.717) is 17.9 Å². The molecule has 3 nitrogen and oxygen atoms in total. The van der Waals surface area contributed by atoms with Gasteiger partial charge in [0.2, 0.25) is 5.91 Å². The Labute approximate surface area is 138 Å². The monoisotopic (exact) mass is 378 g/mol. The van der Waals surface area contributed by atoms with Gasteiger partial charge in [-0.15, -0.1) is 23.7 Å². The van der Waals surface area contributed by atoms with Crippen molar-refractivity contribution in [2.24, 2.45) is 17.6 Å². The number of likely N-dealkylation sites (tertiary alicyclic amines) is 1. The Hall–Kier alpha value is -0.100. The number of amides is 1. The molecular weight excluding hydrogens is 360 g/mol. The third kappa shape index (κ3) is 2.91. The van der Waals surface area contributed by atoms with Gasteiger partial charge in [-0.1, -0.05) is 0 Å². The van der Waals surface area contributed by atoms with Crippen LogP contribution >= 0.6 is 39.7 Å². The summed E-state index contributed by atoms with van der Waals surface area (Å²) in [5.41, 5.74) is 6.13. The van der Waals surface area contributed by atoms with E-state index in [9.17, 15) is 4.79 Å². The van der Waals surface area contributed by atoms with Crippen LogP contribution in [0.1, 0.15) is 30.6 Å². The molecule has 2 N–H and O–H groups in total. The molecule has 1 amide bonds. The number of nitrogens with zero attached hydrogens (tertiary/aromatic N) is 1. The third-order valence-electron chi connectivity index (χ3n) is 4.62. The van der Waals surface area contributed by atoms with Crippen LogP contribution in [0.25, 0.3) is 0 Å². The Kier molecular flexibility index (Phi) is 5.16. The predicted octanol–water partition coefficient (Wildman–Crippen LogP) is 3.23. The van der Waals surface area contributed by atoms with Crippen LogP contribution < -0.4 is 5.73 Å². The fourth-order valence-electron chi connectivity index (χ4n) is 3.44. The summed E-state index contributed by atoms with van der Waals surface area (Å²) in [7, 11) is 0. The highest BCUT2D eigenvalue weighted by atomic mass is 79.9. The highest BCUT2D eigenvalue weighted by Crippen LogP contribution is 2.38. The molecule has 2 aliphatic rings. The van der Waals surface area contributed by atoms with E-state index in [4.69, 9.17) is 5.73 Å². The lowest BCUT2D eigenvalue weighted by Crippen LogP contribution is -2.35. The Morgan fingerprint density at radius 1 is 1.45 bits per heavy atom. The van der Waals surface area contributed by atoms with E-state index in [1.165, 1.54) is 6.42 Å². The number of thiophene rings is 1. The molecule has 0 radical (unpaired) electrons. The summed E-state index contributed by atoms with van der Waals surface area (Å²) >= 11 is 5.11. The summed E-state index contributed by atoms with van der Waals surface area (Å²) in [6.07, 6.45) is 2.32. The lowest BCUT2D eigenvalue weighted by atomic mass is 9.98. The van der Waals surface area contributed by atoms with E-state index in [2.05, 4.69) is 15.9 Å². The minimum atomic E-state index is -0.0358. The van der Waals surface area contributed by atoms with E-state index >= 15 is 0 Å². The Bertz CT molecular complexity index is 495. The maximum absolute atomic E-state index is 12.6. The van der Waals surface area contributed by atoms with Crippen LogP contribution in [-0.2, 0) is 4.79 Å². The smallest absolute Gasteiger partial charge is 0.230 e. The lowest BCUT2D eigenvalue weighted by molar-refractivity contribution is -0.131. The zero-order chi connectivity index (χ0) is 13.6.